The van der Waals surface area contributed by atoms with E-state index < -0.39 is 6.10 Å². The highest BCUT2D eigenvalue weighted by atomic mass is 19.1. The van der Waals surface area contributed by atoms with Crippen molar-refractivity contribution in [3.63, 3.8) is 0 Å². The Morgan fingerprint density at radius 3 is 3.00 bits per heavy atom. The molecule has 0 spiro atoms. The molecular formula is C17H24FNO2. The number of rotatable bonds is 3. The first kappa shape index (κ1) is 14.9. The number of halogens is 1. The molecule has 116 valence electrons. The average Bonchev–Trinajstić information content (AvgIpc) is 2.47. The third kappa shape index (κ3) is 3.28. The van der Waals surface area contributed by atoms with Gasteiger partial charge in [-0.3, -0.25) is 4.90 Å². The van der Waals surface area contributed by atoms with Gasteiger partial charge in [0.1, 0.15) is 5.82 Å². The van der Waals surface area contributed by atoms with Crippen molar-refractivity contribution in [2.75, 3.05) is 19.7 Å². The van der Waals surface area contributed by atoms with E-state index in [0.717, 1.165) is 37.1 Å². The maximum Gasteiger partial charge on any atom is 0.123 e. The fraction of sp³-hybridized carbons (Fsp3) is 0.647. The number of aryl methyl sites for hydroxylation is 1. The Hall–Kier alpha value is -0.970. The summed E-state index contributed by atoms with van der Waals surface area (Å²) in [6.07, 6.45) is 4.54. The number of ether oxygens (including phenoxy) is 1. The van der Waals surface area contributed by atoms with E-state index in [4.69, 9.17) is 4.74 Å². The van der Waals surface area contributed by atoms with Crippen molar-refractivity contribution in [3.05, 3.63) is 35.1 Å². The van der Waals surface area contributed by atoms with Gasteiger partial charge in [0.2, 0.25) is 0 Å². The summed E-state index contributed by atoms with van der Waals surface area (Å²) in [4.78, 5) is 2.36. The van der Waals surface area contributed by atoms with E-state index in [2.05, 4.69) is 4.90 Å². The van der Waals surface area contributed by atoms with Crippen LogP contribution in [-0.4, -0.2) is 41.8 Å². The lowest BCUT2D eigenvalue weighted by Crippen LogP contribution is -2.53. The fourth-order valence-corrected chi connectivity index (χ4v) is 3.74. The Labute approximate surface area is 125 Å². The van der Waals surface area contributed by atoms with Crippen LogP contribution in [0.5, 0.6) is 0 Å². The fourth-order valence-electron chi connectivity index (χ4n) is 3.74. The molecule has 1 aliphatic carbocycles. The molecule has 0 aromatic heterocycles. The summed E-state index contributed by atoms with van der Waals surface area (Å²) in [5, 5.41) is 10.5. The highest BCUT2D eigenvalue weighted by Gasteiger charge is 2.35. The van der Waals surface area contributed by atoms with Crippen molar-refractivity contribution in [3.8, 4) is 0 Å². The van der Waals surface area contributed by atoms with Gasteiger partial charge in [-0.1, -0.05) is 18.9 Å². The smallest absolute Gasteiger partial charge is 0.123 e. The molecule has 3 rings (SSSR count). The monoisotopic (exact) mass is 293 g/mol. The molecule has 1 saturated carbocycles. The van der Waals surface area contributed by atoms with Crippen LogP contribution >= 0.6 is 0 Å². The molecule has 1 aromatic rings. The zero-order valence-electron chi connectivity index (χ0n) is 12.6. The predicted molar refractivity (Wildman–Crippen MR) is 79.7 cm³/mol. The summed E-state index contributed by atoms with van der Waals surface area (Å²) in [5.41, 5.74) is 1.64. The Bertz CT molecular complexity index is 492. The minimum absolute atomic E-state index is 0.248. The van der Waals surface area contributed by atoms with Crippen LogP contribution in [0.3, 0.4) is 0 Å². The number of aliphatic hydroxyl groups excluding tert-OH is 1. The zero-order valence-corrected chi connectivity index (χ0v) is 12.6. The standard InChI is InChI=1S/C17H24FNO2/c1-12-10-13(18)6-7-14(12)16(20)11-19-8-9-21-17-5-3-2-4-15(17)19/h6-7,10,15-17,20H,2-5,8-9,11H2,1H3. The van der Waals surface area contributed by atoms with Crippen LogP contribution in [-0.2, 0) is 4.74 Å². The molecule has 1 aromatic carbocycles. The Balaban J connectivity index is 1.69. The second-order valence-electron chi connectivity index (χ2n) is 6.27. The molecule has 2 fully saturated rings. The molecular weight excluding hydrogens is 269 g/mol. The van der Waals surface area contributed by atoms with Crippen molar-refractivity contribution in [2.45, 2.75) is 50.9 Å². The molecule has 3 atom stereocenters. The van der Waals surface area contributed by atoms with Gasteiger partial charge in [0.25, 0.3) is 0 Å². The van der Waals surface area contributed by atoms with Crippen LogP contribution in [0.1, 0.15) is 42.9 Å². The quantitative estimate of drug-likeness (QED) is 0.930. The van der Waals surface area contributed by atoms with E-state index >= 15 is 0 Å². The molecule has 1 saturated heterocycles. The zero-order chi connectivity index (χ0) is 14.8. The highest BCUT2D eigenvalue weighted by Crippen LogP contribution is 2.30. The van der Waals surface area contributed by atoms with E-state index in [1.807, 2.05) is 6.92 Å². The molecule has 0 bridgehead atoms. The summed E-state index contributed by atoms with van der Waals surface area (Å²) < 4.78 is 19.0. The maximum atomic E-state index is 13.2. The molecule has 3 nitrogen and oxygen atoms in total. The van der Waals surface area contributed by atoms with Gasteiger partial charge in [-0.15, -0.1) is 0 Å². The van der Waals surface area contributed by atoms with Gasteiger partial charge in [-0.05, 0) is 43.0 Å². The first-order chi connectivity index (χ1) is 10.1. The third-order valence-electron chi connectivity index (χ3n) is 4.85. The average molecular weight is 293 g/mol. The topological polar surface area (TPSA) is 32.7 Å². The lowest BCUT2D eigenvalue weighted by molar-refractivity contribution is -0.0975. The Kier molecular flexibility index (Phi) is 4.57. The van der Waals surface area contributed by atoms with Crippen LogP contribution in [0.4, 0.5) is 4.39 Å². The third-order valence-corrected chi connectivity index (χ3v) is 4.85. The number of β-amino-alcohol motifs (C(OH)–C–C–N with tert-alkyl or cyclic N) is 1. The normalized spacial score (nSPS) is 28.1. The maximum absolute atomic E-state index is 13.2. The van der Waals surface area contributed by atoms with Crippen molar-refractivity contribution in [2.24, 2.45) is 0 Å². The van der Waals surface area contributed by atoms with Gasteiger partial charge in [-0.2, -0.15) is 0 Å². The van der Waals surface area contributed by atoms with Crippen molar-refractivity contribution >= 4 is 0 Å². The summed E-state index contributed by atoms with van der Waals surface area (Å²) in [6.45, 7) is 4.08. The van der Waals surface area contributed by atoms with Gasteiger partial charge < -0.3 is 9.84 Å². The molecule has 1 N–H and O–H groups in total. The number of nitrogens with zero attached hydrogens (tertiary/aromatic N) is 1. The molecule has 0 radical (unpaired) electrons. The Morgan fingerprint density at radius 2 is 2.19 bits per heavy atom. The van der Waals surface area contributed by atoms with Crippen molar-refractivity contribution in [1.29, 1.82) is 0 Å². The van der Waals surface area contributed by atoms with Crippen molar-refractivity contribution in [1.82, 2.24) is 4.90 Å². The number of morpholine rings is 1. The molecule has 3 unspecified atom stereocenters. The summed E-state index contributed by atoms with van der Waals surface area (Å²) >= 11 is 0. The number of benzene rings is 1. The van der Waals surface area contributed by atoms with E-state index in [-0.39, 0.29) is 5.82 Å². The number of hydrogen-bond acceptors (Lipinski definition) is 3. The first-order valence-electron chi connectivity index (χ1n) is 7.95. The van der Waals surface area contributed by atoms with E-state index in [9.17, 15) is 9.50 Å². The van der Waals surface area contributed by atoms with Crippen LogP contribution in [0.25, 0.3) is 0 Å². The molecule has 2 aliphatic rings. The van der Waals surface area contributed by atoms with Gasteiger partial charge in [0.05, 0.1) is 18.8 Å². The molecule has 1 heterocycles. The van der Waals surface area contributed by atoms with Crippen LogP contribution < -0.4 is 0 Å². The Morgan fingerprint density at radius 1 is 1.38 bits per heavy atom. The lowest BCUT2D eigenvalue weighted by atomic mass is 9.89. The molecule has 21 heavy (non-hydrogen) atoms. The van der Waals surface area contributed by atoms with E-state index in [0.29, 0.717) is 18.7 Å². The predicted octanol–water partition coefficient (Wildman–Crippen LogP) is 2.81. The van der Waals surface area contributed by atoms with Gasteiger partial charge in [0, 0.05) is 19.1 Å². The van der Waals surface area contributed by atoms with Crippen LogP contribution in [0.15, 0.2) is 18.2 Å². The summed E-state index contributed by atoms with van der Waals surface area (Å²) in [7, 11) is 0. The largest absolute Gasteiger partial charge is 0.387 e. The van der Waals surface area contributed by atoms with E-state index in [1.165, 1.54) is 25.0 Å². The lowest BCUT2D eigenvalue weighted by Gasteiger charge is -2.44. The van der Waals surface area contributed by atoms with Gasteiger partial charge >= 0.3 is 0 Å². The number of fused-ring (bicyclic) bond motifs is 1. The SMILES string of the molecule is Cc1cc(F)ccc1C(O)CN1CCOC2CCCCC21. The van der Waals surface area contributed by atoms with Gasteiger partial charge in [0.15, 0.2) is 0 Å². The second-order valence-corrected chi connectivity index (χ2v) is 6.27. The highest BCUT2D eigenvalue weighted by molar-refractivity contribution is 5.28. The van der Waals surface area contributed by atoms with Crippen molar-refractivity contribution < 1.29 is 14.2 Å². The van der Waals surface area contributed by atoms with Gasteiger partial charge in [-0.25, -0.2) is 4.39 Å². The molecule has 1 aliphatic heterocycles. The number of hydrogen-bond donors (Lipinski definition) is 1. The number of aliphatic hydroxyl groups is 1. The molecule has 4 heteroatoms. The molecule has 0 amide bonds. The van der Waals surface area contributed by atoms with Crippen LogP contribution in [0.2, 0.25) is 0 Å². The second kappa shape index (κ2) is 6.42. The first-order valence-corrected chi connectivity index (χ1v) is 7.95. The minimum Gasteiger partial charge on any atom is -0.387 e. The summed E-state index contributed by atoms with van der Waals surface area (Å²) in [6, 6.07) is 5.05. The van der Waals surface area contributed by atoms with E-state index in [1.54, 1.807) is 6.07 Å². The summed E-state index contributed by atoms with van der Waals surface area (Å²) in [5.74, 6) is -0.248. The minimum atomic E-state index is -0.564. The van der Waals surface area contributed by atoms with Crippen LogP contribution in [0, 0.1) is 12.7 Å².